The molecule has 2 aromatic rings. The van der Waals surface area contributed by atoms with E-state index in [1.54, 1.807) is 0 Å². The molecular formula is C14H16O2. The fourth-order valence-corrected chi connectivity index (χ4v) is 1.84. The largest absolute Gasteiger partial charge is 0.390 e. The van der Waals surface area contributed by atoms with Crippen LogP contribution in [0.4, 0.5) is 0 Å². The van der Waals surface area contributed by atoms with Crippen molar-refractivity contribution < 1.29 is 10.2 Å². The van der Waals surface area contributed by atoms with Crippen LogP contribution in [0, 0.1) is 0 Å². The van der Waals surface area contributed by atoms with Gasteiger partial charge in [-0.05, 0) is 28.8 Å². The standard InChI is InChI=1S/C14H16O2/c1-2-13(15)14(16)12-8-7-10-5-3-4-6-11(10)9-12/h3-9,13-16H,2H2,1H3. The average molecular weight is 216 g/mol. The molecule has 0 saturated heterocycles. The maximum absolute atomic E-state index is 9.90. The predicted octanol–water partition coefficient (Wildman–Crippen LogP) is 2.64. The van der Waals surface area contributed by atoms with Gasteiger partial charge in [0, 0.05) is 0 Å². The Morgan fingerprint density at radius 1 is 1.00 bits per heavy atom. The maximum Gasteiger partial charge on any atom is 0.105 e. The van der Waals surface area contributed by atoms with Gasteiger partial charge in [0.25, 0.3) is 0 Å². The van der Waals surface area contributed by atoms with Crippen molar-refractivity contribution in [2.75, 3.05) is 0 Å². The van der Waals surface area contributed by atoms with Crippen LogP contribution in [0.25, 0.3) is 10.8 Å². The Morgan fingerprint density at radius 2 is 1.69 bits per heavy atom. The summed E-state index contributed by atoms with van der Waals surface area (Å²) < 4.78 is 0. The normalized spacial score (nSPS) is 14.9. The third kappa shape index (κ3) is 2.08. The Bertz CT molecular complexity index is 479. The van der Waals surface area contributed by atoms with Crippen molar-refractivity contribution in [1.29, 1.82) is 0 Å². The maximum atomic E-state index is 9.90. The SMILES string of the molecule is CCC(O)C(O)c1ccc2ccccc2c1. The fraction of sp³-hybridized carbons (Fsp3) is 0.286. The minimum absolute atomic E-state index is 0.550. The Morgan fingerprint density at radius 3 is 2.38 bits per heavy atom. The minimum Gasteiger partial charge on any atom is -0.390 e. The van der Waals surface area contributed by atoms with Crippen LogP contribution in [-0.4, -0.2) is 16.3 Å². The van der Waals surface area contributed by atoms with Gasteiger partial charge in [-0.3, -0.25) is 0 Å². The molecule has 0 aliphatic rings. The van der Waals surface area contributed by atoms with Crippen LogP contribution >= 0.6 is 0 Å². The Labute approximate surface area is 95.2 Å². The number of hydrogen-bond donors (Lipinski definition) is 2. The van der Waals surface area contributed by atoms with Crippen molar-refractivity contribution in [3.8, 4) is 0 Å². The molecule has 2 aromatic carbocycles. The van der Waals surface area contributed by atoms with Crippen molar-refractivity contribution in [3.63, 3.8) is 0 Å². The molecule has 16 heavy (non-hydrogen) atoms. The molecular weight excluding hydrogens is 200 g/mol. The van der Waals surface area contributed by atoms with Crippen molar-refractivity contribution in [2.24, 2.45) is 0 Å². The highest BCUT2D eigenvalue weighted by Gasteiger charge is 2.16. The fourth-order valence-electron chi connectivity index (χ4n) is 1.84. The van der Waals surface area contributed by atoms with E-state index in [2.05, 4.69) is 0 Å². The first-order valence-corrected chi connectivity index (χ1v) is 5.57. The van der Waals surface area contributed by atoms with E-state index in [0.29, 0.717) is 6.42 Å². The molecule has 0 spiro atoms. The van der Waals surface area contributed by atoms with Crippen LogP contribution in [0.1, 0.15) is 25.0 Å². The number of fused-ring (bicyclic) bond motifs is 1. The molecule has 84 valence electrons. The first-order chi connectivity index (χ1) is 7.72. The molecule has 2 atom stereocenters. The van der Waals surface area contributed by atoms with Crippen molar-refractivity contribution in [3.05, 3.63) is 48.0 Å². The summed E-state index contributed by atoms with van der Waals surface area (Å²) in [5.41, 5.74) is 0.771. The smallest absolute Gasteiger partial charge is 0.105 e. The van der Waals surface area contributed by atoms with E-state index >= 15 is 0 Å². The molecule has 2 heteroatoms. The van der Waals surface area contributed by atoms with Crippen LogP contribution in [0.3, 0.4) is 0 Å². The quantitative estimate of drug-likeness (QED) is 0.828. The first-order valence-electron chi connectivity index (χ1n) is 5.57. The average Bonchev–Trinajstić information content (AvgIpc) is 2.36. The Balaban J connectivity index is 2.39. The molecule has 0 bridgehead atoms. The predicted molar refractivity (Wildman–Crippen MR) is 65.2 cm³/mol. The molecule has 0 aliphatic carbocycles. The summed E-state index contributed by atoms with van der Waals surface area (Å²) >= 11 is 0. The van der Waals surface area contributed by atoms with Gasteiger partial charge in [0.2, 0.25) is 0 Å². The second-order valence-electron chi connectivity index (χ2n) is 4.03. The highest BCUT2D eigenvalue weighted by molar-refractivity contribution is 5.83. The molecule has 0 aliphatic heterocycles. The van der Waals surface area contributed by atoms with E-state index in [1.807, 2.05) is 49.4 Å². The van der Waals surface area contributed by atoms with Crippen LogP contribution in [-0.2, 0) is 0 Å². The van der Waals surface area contributed by atoms with E-state index in [0.717, 1.165) is 16.3 Å². The number of aliphatic hydroxyl groups is 2. The molecule has 0 aromatic heterocycles. The first kappa shape index (κ1) is 11.1. The van der Waals surface area contributed by atoms with E-state index in [-0.39, 0.29) is 0 Å². The van der Waals surface area contributed by atoms with Gasteiger partial charge in [0.1, 0.15) is 6.10 Å². The molecule has 2 N–H and O–H groups in total. The second-order valence-corrected chi connectivity index (χ2v) is 4.03. The Hall–Kier alpha value is -1.38. The number of benzene rings is 2. The van der Waals surface area contributed by atoms with Crippen LogP contribution in [0.2, 0.25) is 0 Å². The van der Waals surface area contributed by atoms with Crippen molar-refractivity contribution in [1.82, 2.24) is 0 Å². The van der Waals surface area contributed by atoms with Gasteiger partial charge in [0.15, 0.2) is 0 Å². The zero-order chi connectivity index (χ0) is 11.5. The lowest BCUT2D eigenvalue weighted by molar-refractivity contribution is 0.0165. The lowest BCUT2D eigenvalue weighted by Crippen LogP contribution is -2.16. The lowest BCUT2D eigenvalue weighted by atomic mass is 9.99. The van der Waals surface area contributed by atoms with E-state index in [1.165, 1.54) is 0 Å². The van der Waals surface area contributed by atoms with Gasteiger partial charge in [-0.15, -0.1) is 0 Å². The highest BCUT2D eigenvalue weighted by atomic mass is 16.3. The van der Waals surface area contributed by atoms with Gasteiger partial charge >= 0.3 is 0 Å². The van der Waals surface area contributed by atoms with Crippen LogP contribution in [0.5, 0.6) is 0 Å². The third-order valence-corrected chi connectivity index (χ3v) is 2.90. The summed E-state index contributed by atoms with van der Waals surface area (Å²) in [7, 11) is 0. The topological polar surface area (TPSA) is 40.5 Å². The van der Waals surface area contributed by atoms with Crippen molar-refractivity contribution in [2.45, 2.75) is 25.6 Å². The second kappa shape index (κ2) is 4.64. The summed E-state index contributed by atoms with van der Waals surface area (Å²) in [6.07, 6.45) is -0.940. The van der Waals surface area contributed by atoms with E-state index in [9.17, 15) is 10.2 Å². The third-order valence-electron chi connectivity index (χ3n) is 2.90. The van der Waals surface area contributed by atoms with Crippen LogP contribution in [0.15, 0.2) is 42.5 Å². The molecule has 2 rings (SSSR count). The summed E-state index contributed by atoms with van der Waals surface area (Å²) in [6.45, 7) is 1.86. The molecule has 0 fully saturated rings. The summed E-state index contributed by atoms with van der Waals surface area (Å²) in [5.74, 6) is 0. The van der Waals surface area contributed by atoms with Gasteiger partial charge < -0.3 is 10.2 Å². The zero-order valence-electron chi connectivity index (χ0n) is 9.30. The van der Waals surface area contributed by atoms with Gasteiger partial charge in [-0.1, -0.05) is 43.3 Å². The summed E-state index contributed by atoms with van der Waals surface area (Å²) in [6, 6.07) is 13.8. The molecule has 2 nitrogen and oxygen atoms in total. The summed E-state index contributed by atoms with van der Waals surface area (Å²) in [4.78, 5) is 0. The lowest BCUT2D eigenvalue weighted by Gasteiger charge is -2.16. The van der Waals surface area contributed by atoms with Gasteiger partial charge in [-0.2, -0.15) is 0 Å². The molecule has 0 radical (unpaired) electrons. The van der Waals surface area contributed by atoms with Gasteiger partial charge in [-0.25, -0.2) is 0 Å². The highest BCUT2D eigenvalue weighted by Crippen LogP contribution is 2.23. The number of hydrogen-bond acceptors (Lipinski definition) is 2. The molecule has 0 heterocycles. The molecule has 2 unspecified atom stereocenters. The monoisotopic (exact) mass is 216 g/mol. The Kier molecular flexibility index (Phi) is 3.22. The number of rotatable bonds is 3. The van der Waals surface area contributed by atoms with Crippen molar-refractivity contribution >= 4 is 10.8 Å². The molecule has 0 amide bonds. The molecule has 0 saturated carbocycles. The minimum atomic E-state index is -0.797. The zero-order valence-corrected chi connectivity index (χ0v) is 9.30. The summed E-state index contributed by atoms with van der Waals surface area (Å²) in [5, 5.41) is 21.7. The van der Waals surface area contributed by atoms with E-state index in [4.69, 9.17) is 0 Å². The van der Waals surface area contributed by atoms with E-state index < -0.39 is 12.2 Å². The van der Waals surface area contributed by atoms with Crippen LogP contribution < -0.4 is 0 Å². The number of aliphatic hydroxyl groups excluding tert-OH is 2. The van der Waals surface area contributed by atoms with Gasteiger partial charge in [0.05, 0.1) is 6.10 Å².